The second kappa shape index (κ2) is 10.2. The summed E-state index contributed by atoms with van der Waals surface area (Å²) in [5, 5.41) is 3.14. The van der Waals surface area contributed by atoms with E-state index in [2.05, 4.69) is 17.1 Å². The van der Waals surface area contributed by atoms with Crippen molar-refractivity contribution in [2.24, 2.45) is 0 Å². The fourth-order valence-electron chi connectivity index (χ4n) is 3.13. The Kier molecular flexibility index (Phi) is 7.92. The quantitative estimate of drug-likeness (QED) is 0.551. The van der Waals surface area contributed by atoms with Crippen molar-refractivity contribution in [2.45, 2.75) is 52.0 Å². The topological polar surface area (TPSA) is 58.6 Å². The van der Waals surface area contributed by atoms with Crippen molar-refractivity contribution in [3.05, 3.63) is 29.8 Å². The molecule has 1 N–H and O–H groups in total. The molecule has 1 saturated heterocycles. The van der Waals surface area contributed by atoms with Crippen LogP contribution in [0.15, 0.2) is 24.3 Å². The summed E-state index contributed by atoms with van der Waals surface area (Å²) < 4.78 is 5.62. The maximum absolute atomic E-state index is 12.0. The Hall–Kier alpha value is -1.88. The van der Waals surface area contributed by atoms with Crippen LogP contribution in [0.3, 0.4) is 0 Å². The van der Waals surface area contributed by atoms with Gasteiger partial charge in [0.25, 0.3) is 0 Å². The van der Waals surface area contributed by atoms with Gasteiger partial charge in [-0.3, -0.25) is 9.59 Å². The molecule has 1 aliphatic heterocycles. The highest BCUT2D eigenvalue weighted by Gasteiger charge is 2.19. The van der Waals surface area contributed by atoms with E-state index in [0.717, 1.165) is 38.2 Å². The largest absolute Gasteiger partial charge is 0.494 e. The molecule has 1 aromatic carbocycles. The number of hydrogen-bond acceptors (Lipinski definition) is 4. The summed E-state index contributed by atoms with van der Waals surface area (Å²) in [5.74, 6) is 0.891. The number of nitrogens with one attached hydrogen (secondary N) is 1. The Labute approximate surface area is 150 Å². The van der Waals surface area contributed by atoms with Crippen molar-refractivity contribution in [2.75, 3.05) is 26.2 Å². The minimum atomic E-state index is 0.0451. The molecule has 0 atom stereocenters. The second-order valence-electron chi connectivity index (χ2n) is 6.72. The average Bonchev–Trinajstić information content (AvgIpc) is 2.61. The van der Waals surface area contributed by atoms with E-state index in [1.807, 2.05) is 0 Å². The Morgan fingerprint density at radius 3 is 2.48 bits per heavy atom. The highest BCUT2D eigenvalue weighted by Crippen LogP contribution is 2.13. The average molecular weight is 346 g/mol. The van der Waals surface area contributed by atoms with Crippen LogP contribution in [0.4, 0.5) is 0 Å². The van der Waals surface area contributed by atoms with Crippen molar-refractivity contribution in [1.82, 2.24) is 10.2 Å². The summed E-state index contributed by atoms with van der Waals surface area (Å²) in [6, 6.07) is 7.42. The first kappa shape index (κ1) is 19.4. The van der Waals surface area contributed by atoms with E-state index in [0.29, 0.717) is 31.1 Å². The van der Waals surface area contributed by atoms with Gasteiger partial charge in [0, 0.05) is 31.1 Å². The molecular weight excluding hydrogens is 316 g/mol. The number of ether oxygens (including phenoxy) is 1. The van der Waals surface area contributed by atoms with Crippen LogP contribution in [-0.4, -0.2) is 48.9 Å². The van der Waals surface area contributed by atoms with Gasteiger partial charge in [-0.05, 0) is 63.4 Å². The number of rotatable bonds is 9. The minimum absolute atomic E-state index is 0.0451. The van der Waals surface area contributed by atoms with Gasteiger partial charge in [-0.25, -0.2) is 0 Å². The molecule has 1 amide bonds. The Bertz CT molecular complexity index is 549. The van der Waals surface area contributed by atoms with Crippen LogP contribution >= 0.6 is 0 Å². The Morgan fingerprint density at radius 2 is 1.88 bits per heavy atom. The predicted octanol–water partition coefficient (Wildman–Crippen LogP) is 3.04. The highest BCUT2D eigenvalue weighted by molar-refractivity contribution is 5.94. The van der Waals surface area contributed by atoms with Crippen LogP contribution in [0.5, 0.6) is 5.75 Å². The molecule has 0 unspecified atom stereocenters. The van der Waals surface area contributed by atoms with Crippen LogP contribution in [0.2, 0.25) is 0 Å². The molecule has 0 bridgehead atoms. The van der Waals surface area contributed by atoms with Crippen LogP contribution in [-0.2, 0) is 4.79 Å². The number of piperidine rings is 1. The molecular formula is C20H30N2O3. The third kappa shape index (κ3) is 6.86. The first-order chi connectivity index (χ1) is 12.1. The molecule has 5 nitrogen and oxygen atoms in total. The van der Waals surface area contributed by atoms with Gasteiger partial charge in [-0.1, -0.05) is 6.92 Å². The smallest absolute Gasteiger partial charge is 0.220 e. The number of hydrogen-bond donors (Lipinski definition) is 1. The number of carbonyl (C=O) groups is 2. The van der Waals surface area contributed by atoms with Gasteiger partial charge >= 0.3 is 0 Å². The lowest BCUT2D eigenvalue weighted by molar-refractivity contribution is -0.122. The highest BCUT2D eigenvalue weighted by atomic mass is 16.5. The third-order valence-electron chi connectivity index (χ3n) is 4.57. The number of nitrogens with zero attached hydrogens (tertiary/aromatic N) is 1. The van der Waals surface area contributed by atoms with E-state index in [1.165, 1.54) is 6.42 Å². The summed E-state index contributed by atoms with van der Waals surface area (Å²) >= 11 is 0. The van der Waals surface area contributed by atoms with Crippen LogP contribution in [0.25, 0.3) is 0 Å². The monoisotopic (exact) mass is 346 g/mol. The lowest BCUT2D eigenvalue weighted by atomic mass is 10.0. The first-order valence-electron chi connectivity index (χ1n) is 9.34. The van der Waals surface area contributed by atoms with E-state index < -0.39 is 0 Å². The number of carbonyl (C=O) groups excluding carboxylic acids is 2. The van der Waals surface area contributed by atoms with Gasteiger partial charge in [-0.15, -0.1) is 0 Å². The van der Waals surface area contributed by atoms with Crippen molar-refractivity contribution in [1.29, 1.82) is 0 Å². The molecule has 2 rings (SSSR count). The van der Waals surface area contributed by atoms with Crippen molar-refractivity contribution >= 4 is 11.7 Å². The number of benzene rings is 1. The lowest BCUT2D eigenvalue weighted by Crippen LogP contribution is -2.44. The van der Waals surface area contributed by atoms with Crippen molar-refractivity contribution in [3.63, 3.8) is 0 Å². The molecule has 1 heterocycles. The number of Topliss-reactive ketones (excluding diaryl/α,β-unsaturated/α-hetero) is 1. The number of ketones is 1. The maximum Gasteiger partial charge on any atom is 0.220 e. The molecule has 0 radical (unpaired) electrons. The van der Waals surface area contributed by atoms with Gasteiger partial charge in [0.2, 0.25) is 5.91 Å². The van der Waals surface area contributed by atoms with Gasteiger partial charge in [0.15, 0.2) is 5.78 Å². The zero-order valence-corrected chi connectivity index (χ0v) is 15.4. The molecule has 0 aliphatic carbocycles. The number of likely N-dealkylation sites (tertiary alicyclic amines) is 1. The molecule has 5 heteroatoms. The van der Waals surface area contributed by atoms with Gasteiger partial charge < -0.3 is 15.0 Å². The summed E-state index contributed by atoms with van der Waals surface area (Å²) in [7, 11) is 0. The van der Waals surface area contributed by atoms with E-state index in [9.17, 15) is 9.59 Å². The van der Waals surface area contributed by atoms with Gasteiger partial charge in [0.1, 0.15) is 5.75 Å². The molecule has 0 aromatic heterocycles. The van der Waals surface area contributed by atoms with Crippen LogP contribution in [0.1, 0.15) is 56.3 Å². The van der Waals surface area contributed by atoms with Crippen molar-refractivity contribution in [3.8, 4) is 5.75 Å². The molecule has 138 valence electrons. The van der Waals surface area contributed by atoms with E-state index >= 15 is 0 Å². The maximum atomic E-state index is 12.0. The minimum Gasteiger partial charge on any atom is -0.494 e. The zero-order valence-electron chi connectivity index (χ0n) is 15.4. The van der Waals surface area contributed by atoms with Gasteiger partial charge in [0.05, 0.1) is 6.61 Å². The molecule has 1 fully saturated rings. The zero-order chi connectivity index (χ0) is 18.1. The lowest BCUT2D eigenvalue weighted by Gasteiger charge is -2.32. The summed E-state index contributed by atoms with van der Waals surface area (Å²) in [6.07, 6.45) is 4.46. The van der Waals surface area contributed by atoms with E-state index in [-0.39, 0.29) is 11.7 Å². The fourth-order valence-corrected chi connectivity index (χ4v) is 3.13. The molecule has 1 aromatic rings. The van der Waals surface area contributed by atoms with Gasteiger partial charge in [-0.2, -0.15) is 0 Å². The van der Waals surface area contributed by atoms with E-state index in [1.54, 1.807) is 31.2 Å². The van der Waals surface area contributed by atoms with Crippen LogP contribution < -0.4 is 10.1 Å². The molecule has 25 heavy (non-hydrogen) atoms. The van der Waals surface area contributed by atoms with Crippen molar-refractivity contribution < 1.29 is 14.3 Å². The standard InChI is InChI=1S/C20H30N2O3/c1-3-12-22-13-10-18(11-14-22)21-20(24)5-4-15-25-19-8-6-17(7-9-19)16(2)23/h6-9,18H,3-5,10-15H2,1-2H3,(H,21,24). The number of amides is 1. The first-order valence-corrected chi connectivity index (χ1v) is 9.34. The third-order valence-corrected chi connectivity index (χ3v) is 4.57. The Morgan fingerprint density at radius 1 is 1.20 bits per heavy atom. The second-order valence-corrected chi connectivity index (χ2v) is 6.72. The Balaban J connectivity index is 1.58. The summed E-state index contributed by atoms with van der Waals surface area (Å²) in [5.41, 5.74) is 0.678. The fraction of sp³-hybridized carbons (Fsp3) is 0.600. The SMILES string of the molecule is CCCN1CCC(NC(=O)CCCOc2ccc(C(C)=O)cc2)CC1. The molecule has 0 saturated carbocycles. The van der Waals surface area contributed by atoms with E-state index in [4.69, 9.17) is 4.74 Å². The molecule has 0 spiro atoms. The normalized spacial score (nSPS) is 15.8. The molecule has 1 aliphatic rings. The summed E-state index contributed by atoms with van der Waals surface area (Å²) in [4.78, 5) is 25.7. The summed E-state index contributed by atoms with van der Waals surface area (Å²) in [6.45, 7) is 7.57. The predicted molar refractivity (Wildman–Crippen MR) is 99.1 cm³/mol. The van der Waals surface area contributed by atoms with Crippen LogP contribution in [0, 0.1) is 0 Å².